The molecule has 0 saturated heterocycles. The molecule has 1 unspecified atom stereocenters. The van der Waals surface area contributed by atoms with Gasteiger partial charge in [0.2, 0.25) is 0 Å². The Morgan fingerprint density at radius 3 is 2.67 bits per heavy atom. The van der Waals surface area contributed by atoms with Crippen molar-refractivity contribution in [2.24, 2.45) is 5.92 Å². The molecule has 0 fully saturated rings. The molecule has 0 aliphatic heterocycles. The van der Waals surface area contributed by atoms with Crippen LogP contribution in [0.5, 0.6) is 0 Å². The van der Waals surface area contributed by atoms with Gasteiger partial charge in [0.05, 0.1) is 6.54 Å². The van der Waals surface area contributed by atoms with Crippen LogP contribution in [-0.2, 0) is 11.3 Å². The lowest BCUT2D eigenvalue weighted by Crippen LogP contribution is -2.40. The molecule has 84 valence electrons. The molecule has 4 nitrogen and oxygen atoms in total. The number of carbonyl (C=O) groups is 1. The van der Waals surface area contributed by atoms with Crippen LogP contribution in [0.1, 0.15) is 19.6 Å². The molecule has 5 heteroatoms. The topological polar surface area (TPSA) is 62.5 Å². The molecule has 1 heterocycles. The molecule has 0 aliphatic rings. The van der Waals surface area contributed by atoms with Crippen molar-refractivity contribution in [1.29, 1.82) is 0 Å². The highest BCUT2D eigenvalue weighted by molar-refractivity contribution is 9.10. The van der Waals surface area contributed by atoms with E-state index in [2.05, 4.69) is 21.2 Å². The zero-order valence-electron chi connectivity index (χ0n) is 8.66. The molecule has 1 atom stereocenters. The first-order valence-corrected chi connectivity index (χ1v) is 5.50. The first kappa shape index (κ1) is 12.3. The zero-order chi connectivity index (χ0) is 11.4. The third-order valence-corrected chi connectivity index (χ3v) is 2.48. The highest BCUT2D eigenvalue weighted by Crippen LogP contribution is 2.14. The second kappa shape index (κ2) is 5.32. The van der Waals surface area contributed by atoms with Gasteiger partial charge in [-0.2, -0.15) is 0 Å². The van der Waals surface area contributed by atoms with Crippen LogP contribution >= 0.6 is 15.9 Å². The maximum absolute atomic E-state index is 10.9. The normalized spacial score (nSPS) is 13.1. The largest absolute Gasteiger partial charge is 0.480 e. The van der Waals surface area contributed by atoms with Crippen LogP contribution in [0, 0.1) is 5.92 Å². The van der Waals surface area contributed by atoms with Crippen LogP contribution < -0.4 is 5.32 Å². The zero-order valence-corrected chi connectivity index (χ0v) is 10.2. The Hall–Kier alpha value is -0.810. The van der Waals surface area contributed by atoms with Gasteiger partial charge in [-0.15, -0.1) is 0 Å². The summed E-state index contributed by atoms with van der Waals surface area (Å²) in [5, 5.41) is 11.9. The predicted octanol–water partition coefficient (Wildman–Crippen LogP) is 2.24. The Balaban J connectivity index is 2.50. The summed E-state index contributed by atoms with van der Waals surface area (Å²) in [6, 6.07) is 3.03. The standard InChI is InChI=1S/C10H14BrNO3/c1-6(2)9(10(13)14)12-5-7-3-4-8(11)15-7/h3-4,6,9,12H,5H2,1-2H3,(H,13,14). The minimum Gasteiger partial charge on any atom is -0.480 e. The lowest BCUT2D eigenvalue weighted by molar-refractivity contribution is -0.140. The van der Waals surface area contributed by atoms with Crippen molar-refractivity contribution in [2.75, 3.05) is 0 Å². The third-order valence-electron chi connectivity index (χ3n) is 2.06. The van der Waals surface area contributed by atoms with Crippen LogP contribution in [-0.4, -0.2) is 17.1 Å². The van der Waals surface area contributed by atoms with Crippen molar-refractivity contribution in [3.8, 4) is 0 Å². The lowest BCUT2D eigenvalue weighted by Gasteiger charge is -2.16. The predicted molar refractivity (Wildman–Crippen MR) is 59.5 cm³/mol. The van der Waals surface area contributed by atoms with Crippen LogP contribution in [0.15, 0.2) is 21.2 Å². The summed E-state index contributed by atoms with van der Waals surface area (Å²) < 4.78 is 5.90. The van der Waals surface area contributed by atoms with Crippen LogP contribution in [0.3, 0.4) is 0 Å². The number of furan rings is 1. The summed E-state index contributed by atoms with van der Waals surface area (Å²) in [4.78, 5) is 10.9. The molecule has 1 aromatic heterocycles. The van der Waals surface area contributed by atoms with E-state index in [9.17, 15) is 4.79 Å². The minimum atomic E-state index is -0.837. The van der Waals surface area contributed by atoms with Crippen LogP contribution in [0.4, 0.5) is 0 Å². The Kier molecular flexibility index (Phi) is 4.35. The fourth-order valence-electron chi connectivity index (χ4n) is 1.27. The van der Waals surface area contributed by atoms with Gasteiger partial charge in [0, 0.05) is 0 Å². The summed E-state index contributed by atoms with van der Waals surface area (Å²) in [5.74, 6) is -0.0784. The minimum absolute atomic E-state index is 0.0425. The maximum atomic E-state index is 10.9. The molecule has 0 saturated carbocycles. The van der Waals surface area contributed by atoms with Gasteiger partial charge in [-0.3, -0.25) is 10.1 Å². The third kappa shape index (κ3) is 3.68. The average Bonchev–Trinajstić information content (AvgIpc) is 2.50. The summed E-state index contributed by atoms with van der Waals surface area (Å²) in [7, 11) is 0. The van der Waals surface area contributed by atoms with E-state index in [1.165, 1.54) is 0 Å². The van der Waals surface area contributed by atoms with Crippen molar-refractivity contribution in [3.63, 3.8) is 0 Å². The molecule has 1 aromatic rings. The van der Waals surface area contributed by atoms with Crippen molar-refractivity contribution in [2.45, 2.75) is 26.4 Å². The fourth-order valence-corrected chi connectivity index (χ4v) is 1.61. The van der Waals surface area contributed by atoms with Crippen LogP contribution in [0.25, 0.3) is 0 Å². The number of hydrogen-bond acceptors (Lipinski definition) is 3. The number of halogens is 1. The van der Waals surface area contributed by atoms with Gasteiger partial charge < -0.3 is 9.52 Å². The maximum Gasteiger partial charge on any atom is 0.320 e. The number of aliphatic carboxylic acids is 1. The van der Waals surface area contributed by atoms with E-state index in [0.717, 1.165) is 0 Å². The summed E-state index contributed by atoms with van der Waals surface area (Å²) in [6.07, 6.45) is 0. The van der Waals surface area contributed by atoms with Crippen LogP contribution in [0.2, 0.25) is 0 Å². The van der Waals surface area contributed by atoms with Gasteiger partial charge in [0.25, 0.3) is 0 Å². The molecular formula is C10H14BrNO3. The first-order chi connectivity index (χ1) is 7.00. The van der Waals surface area contributed by atoms with E-state index < -0.39 is 12.0 Å². The van der Waals surface area contributed by atoms with E-state index in [-0.39, 0.29) is 5.92 Å². The van der Waals surface area contributed by atoms with Gasteiger partial charge in [0.1, 0.15) is 11.8 Å². The molecule has 0 aromatic carbocycles. The smallest absolute Gasteiger partial charge is 0.320 e. The summed E-state index contributed by atoms with van der Waals surface area (Å²) in [6.45, 7) is 4.15. The second-order valence-corrected chi connectivity index (χ2v) is 4.43. The number of nitrogens with one attached hydrogen (secondary N) is 1. The Bertz CT molecular complexity index is 335. The highest BCUT2D eigenvalue weighted by Gasteiger charge is 2.20. The SMILES string of the molecule is CC(C)C(NCc1ccc(Br)o1)C(=O)O. The molecule has 0 amide bonds. The lowest BCUT2D eigenvalue weighted by atomic mass is 10.1. The van der Waals surface area contributed by atoms with E-state index in [1.807, 2.05) is 13.8 Å². The Labute approximate surface area is 96.8 Å². The second-order valence-electron chi connectivity index (χ2n) is 3.65. The number of rotatable bonds is 5. The van der Waals surface area contributed by atoms with Gasteiger partial charge in [-0.1, -0.05) is 13.8 Å². The molecular weight excluding hydrogens is 262 g/mol. The molecule has 0 aliphatic carbocycles. The molecule has 0 spiro atoms. The van der Waals surface area contributed by atoms with Gasteiger partial charge in [0.15, 0.2) is 4.67 Å². The summed E-state index contributed by atoms with van der Waals surface area (Å²) in [5.41, 5.74) is 0. The Morgan fingerprint density at radius 1 is 1.60 bits per heavy atom. The first-order valence-electron chi connectivity index (χ1n) is 4.71. The van der Waals surface area contributed by atoms with E-state index in [0.29, 0.717) is 17.0 Å². The van der Waals surface area contributed by atoms with Gasteiger partial charge in [-0.05, 0) is 34.0 Å². The van der Waals surface area contributed by atoms with Crippen molar-refractivity contribution < 1.29 is 14.3 Å². The van der Waals surface area contributed by atoms with Gasteiger partial charge >= 0.3 is 5.97 Å². The van der Waals surface area contributed by atoms with E-state index >= 15 is 0 Å². The summed E-state index contributed by atoms with van der Waals surface area (Å²) >= 11 is 3.19. The monoisotopic (exact) mass is 275 g/mol. The number of carboxylic acids is 1. The molecule has 0 radical (unpaired) electrons. The molecule has 15 heavy (non-hydrogen) atoms. The highest BCUT2D eigenvalue weighted by atomic mass is 79.9. The van der Waals surface area contributed by atoms with Crippen molar-refractivity contribution in [1.82, 2.24) is 5.32 Å². The average molecular weight is 276 g/mol. The number of hydrogen-bond donors (Lipinski definition) is 2. The fraction of sp³-hybridized carbons (Fsp3) is 0.500. The van der Waals surface area contributed by atoms with E-state index in [1.54, 1.807) is 12.1 Å². The molecule has 1 rings (SSSR count). The van der Waals surface area contributed by atoms with Crippen molar-refractivity contribution in [3.05, 3.63) is 22.6 Å². The molecule has 0 bridgehead atoms. The Morgan fingerprint density at radius 2 is 2.27 bits per heavy atom. The van der Waals surface area contributed by atoms with E-state index in [4.69, 9.17) is 9.52 Å². The number of carboxylic acid groups (broad SMARTS) is 1. The van der Waals surface area contributed by atoms with Gasteiger partial charge in [-0.25, -0.2) is 0 Å². The molecule has 2 N–H and O–H groups in total. The quantitative estimate of drug-likeness (QED) is 0.865. The van der Waals surface area contributed by atoms with Crippen molar-refractivity contribution >= 4 is 21.9 Å².